The number of carbonyl (C=O) groups is 2. The lowest BCUT2D eigenvalue weighted by Crippen LogP contribution is -2.31. The van der Waals surface area contributed by atoms with E-state index in [4.69, 9.17) is 0 Å². The van der Waals surface area contributed by atoms with Crippen LogP contribution >= 0.6 is 12.4 Å². The van der Waals surface area contributed by atoms with Crippen molar-refractivity contribution < 1.29 is 9.59 Å². The monoisotopic (exact) mass is 283 g/mol. The molecule has 6 heteroatoms. The smallest absolute Gasteiger partial charge is 0.243 e. The van der Waals surface area contributed by atoms with Crippen LogP contribution in [0.3, 0.4) is 0 Å². The highest BCUT2D eigenvalue weighted by Crippen LogP contribution is 2.18. The summed E-state index contributed by atoms with van der Waals surface area (Å²) in [5.41, 5.74) is 3.32. The van der Waals surface area contributed by atoms with Crippen LogP contribution in [0.15, 0.2) is 18.2 Å². The minimum absolute atomic E-state index is 0. The van der Waals surface area contributed by atoms with Gasteiger partial charge in [-0.3, -0.25) is 9.59 Å². The van der Waals surface area contributed by atoms with E-state index < -0.39 is 0 Å². The van der Waals surface area contributed by atoms with Crippen molar-refractivity contribution in [1.82, 2.24) is 10.6 Å². The van der Waals surface area contributed by atoms with Gasteiger partial charge in [-0.25, -0.2) is 0 Å². The van der Waals surface area contributed by atoms with Crippen LogP contribution in [0.25, 0.3) is 0 Å². The van der Waals surface area contributed by atoms with Crippen molar-refractivity contribution in [3.63, 3.8) is 0 Å². The lowest BCUT2D eigenvalue weighted by Gasteiger charge is -2.18. The molecule has 0 aromatic heterocycles. The molecule has 0 bridgehead atoms. The topological polar surface area (TPSA) is 70.2 Å². The van der Waals surface area contributed by atoms with Crippen molar-refractivity contribution in [3.05, 3.63) is 29.3 Å². The maximum Gasteiger partial charge on any atom is 0.243 e. The van der Waals surface area contributed by atoms with E-state index in [1.165, 1.54) is 18.1 Å². The Bertz CT molecular complexity index is 477. The van der Waals surface area contributed by atoms with Crippen LogP contribution in [0.4, 0.5) is 5.69 Å². The Hall–Kier alpha value is -1.59. The molecule has 0 fully saturated rings. The number of halogens is 1. The number of fused-ring (bicyclic) bond motifs is 1. The summed E-state index contributed by atoms with van der Waals surface area (Å²) in [5.74, 6) is -0.422. The molecule has 1 aliphatic rings. The van der Waals surface area contributed by atoms with Gasteiger partial charge in [0.1, 0.15) is 0 Å². The fourth-order valence-electron chi connectivity index (χ4n) is 1.97. The van der Waals surface area contributed by atoms with Crippen molar-refractivity contribution in [2.75, 3.05) is 18.4 Å². The number of rotatable bonds is 3. The third-order valence-electron chi connectivity index (χ3n) is 2.87. The Morgan fingerprint density at radius 3 is 2.84 bits per heavy atom. The quantitative estimate of drug-likeness (QED) is 0.769. The highest BCUT2D eigenvalue weighted by molar-refractivity contribution is 5.94. The van der Waals surface area contributed by atoms with E-state index in [0.29, 0.717) is 0 Å². The van der Waals surface area contributed by atoms with Crippen molar-refractivity contribution >= 4 is 29.9 Å². The number of benzene rings is 1. The zero-order valence-corrected chi connectivity index (χ0v) is 11.6. The fourth-order valence-corrected chi connectivity index (χ4v) is 1.97. The molecule has 104 valence electrons. The van der Waals surface area contributed by atoms with E-state index in [2.05, 4.69) is 16.0 Å². The lowest BCUT2D eigenvalue weighted by atomic mass is 10.0. The van der Waals surface area contributed by atoms with Gasteiger partial charge in [0.25, 0.3) is 0 Å². The van der Waals surface area contributed by atoms with Gasteiger partial charge in [-0.05, 0) is 36.2 Å². The fraction of sp³-hybridized carbons (Fsp3) is 0.385. The second kappa shape index (κ2) is 7.11. The summed E-state index contributed by atoms with van der Waals surface area (Å²) < 4.78 is 0. The highest BCUT2D eigenvalue weighted by atomic mass is 35.5. The predicted octanol–water partition coefficient (Wildman–Crippen LogP) is 0.829. The van der Waals surface area contributed by atoms with E-state index in [0.717, 1.165) is 25.2 Å². The average Bonchev–Trinajstić information content (AvgIpc) is 2.36. The molecule has 1 heterocycles. The number of anilines is 1. The number of amides is 2. The molecule has 0 unspecified atom stereocenters. The van der Waals surface area contributed by atoms with Crippen LogP contribution in [0, 0.1) is 0 Å². The second-order valence-electron chi connectivity index (χ2n) is 4.37. The SMILES string of the molecule is CC(=O)NCC(=O)Nc1ccc2c(c1)CNCC2.Cl. The molecular formula is C13H18ClN3O2. The Morgan fingerprint density at radius 1 is 1.32 bits per heavy atom. The molecule has 0 aliphatic carbocycles. The molecule has 1 aliphatic heterocycles. The van der Waals surface area contributed by atoms with Gasteiger partial charge in [-0.2, -0.15) is 0 Å². The standard InChI is InChI=1S/C13H17N3O2.ClH/c1-9(17)15-8-13(18)16-12-3-2-10-4-5-14-7-11(10)6-12;/h2-3,6,14H,4-5,7-8H2,1H3,(H,15,17)(H,16,18);1H. The van der Waals surface area contributed by atoms with Crippen molar-refractivity contribution in [1.29, 1.82) is 0 Å². The zero-order chi connectivity index (χ0) is 13.0. The Labute approximate surface area is 118 Å². The summed E-state index contributed by atoms with van der Waals surface area (Å²) in [5, 5.41) is 8.52. The van der Waals surface area contributed by atoms with Crippen molar-refractivity contribution in [2.24, 2.45) is 0 Å². The van der Waals surface area contributed by atoms with Crippen LogP contribution in [0.2, 0.25) is 0 Å². The van der Waals surface area contributed by atoms with Gasteiger partial charge >= 0.3 is 0 Å². The number of hydrogen-bond donors (Lipinski definition) is 3. The molecule has 2 rings (SSSR count). The predicted molar refractivity (Wildman–Crippen MR) is 76.4 cm³/mol. The molecule has 5 nitrogen and oxygen atoms in total. The van der Waals surface area contributed by atoms with Crippen LogP contribution in [0.5, 0.6) is 0 Å². The molecule has 0 atom stereocenters. The molecule has 3 N–H and O–H groups in total. The molecule has 1 aromatic rings. The Kier molecular flexibility index (Phi) is 5.79. The Balaban J connectivity index is 0.00000180. The molecule has 0 saturated carbocycles. The summed E-state index contributed by atoms with van der Waals surface area (Å²) in [4.78, 5) is 22.2. The molecule has 19 heavy (non-hydrogen) atoms. The molecular weight excluding hydrogens is 266 g/mol. The van der Waals surface area contributed by atoms with E-state index in [1.54, 1.807) is 0 Å². The molecule has 1 aromatic carbocycles. The lowest BCUT2D eigenvalue weighted by molar-refractivity contribution is -0.122. The van der Waals surface area contributed by atoms with Gasteiger partial charge in [0, 0.05) is 19.2 Å². The maximum atomic E-state index is 11.5. The molecule has 2 amide bonds. The second-order valence-corrected chi connectivity index (χ2v) is 4.37. The van der Waals surface area contributed by atoms with Crippen LogP contribution in [-0.4, -0.2) is 24.9 Å². The summed E-state index contributed by atoms with van der Waals surface area (Å²) in [6.45, 7) is 3.23. The molecule has 0 spiro atoms. The number of carbonyl (C=O) groups excluding carboxylic acids is 2. The summed E-state index contributed by atoms with van der Waals surface area (Å²) >= 11 is 0. The van der Waals surface area contributed by atoms with Crippen molar-refractivity contribution in [3.8, 4) is 0 Å². The largest absolute Gasteiger partial charge is 0.347 e. The van der Waals surface area contributed by atoms with Gasteiger partial charge in [0.2, 0.25) is 11.8 Å². The summed E-state index contributed by atoms with van der Waals surface area (Å²) in [6.07, 6.45) is 1.02. The molecule has 0 radical (unpaired) electrons. The summed E-state index contributed by atoms with van der Waals surface area (Å²) in [7, 11) is 0. The third kappa shape index (κ3) is 4.54. The number of hydrogen-bond acceptors (Lipinski definition) is 3. The van der Waals surface area contributed by atoms with Gasteiger partial charge < -0.3 is 16.0 Å². The highest BCUT2D eigenvalue weighted by Gasteiger charge is 2.10. The van der Waals surface area contributed by atoms with Gasteiger partial charge in [0.15, 0.2) is 0 Å². The van der Waals surface area contributed by atoms with Gasteiger partial charge in [-0.15, -0.1) is 12.4 Å². The van der Waals surface area contributed by atoms with E-state index in [-0.39, 0.29) is 30.8 Å². The average molecular weight is 284 g/mol. The number of nitrogens with one attached hydrogen (secondary N) is 3. The third-order valence-corrected chi connectivity index (χ3v) is 2.87. The first-order chi connectivity index (χ1) is 8.65. The van der Waals surface area contributed by atoms with E-state index in [9.17, 15) is 9.59 Å². The zero-order valence-electron chi connectivity index (χ0n) is 10.8. The first-order valence-electron chi connectivity index (χ1n) is 6.02. The van der Waals surface area contributed by atoms with Crippen LogP contribution in [0.1, 0.15) is 18.1 Å². The van der Waals surface area contributed by atoms with E-state index in [1.807, 2.05) is 18.2 Å². The minimum Gasteiger partial charge on any atom is -0.347 e. The van der Waals surface area contributed by atoms with E-state index >= 15 is 0 Å². The maximum absolute atomic E-state index is 11.5. The molecule has 0 saturated heterocycles. The van der Waals surface area contributed by atoms with Crippen LogP contribution < -0.4 is 16.0 Å². The summed E-state index contributed by atoms with van der Waals surface area (Å²) in [6, 6.07) is 5.92. The van der Waals surface area contributed by atoms with Gasteiger partial charge in [-0.1, -0.05) is 6.07 Å². The van der Waals surface area contributed by atoms with Crippen molar-refractivity contribution in [2.45, 2.75) is 19.9 Å². The first-order valence-corrected chi connectivity index (χ1v) is 6.02. The minimum atomic E-state index is -0.214. The first kappa shape index (κ1) is 15.5. The van der Waals surface area contributed by atoms with Gasteiger partial charge in [0.05, 0.1) is 6.54 Å². The van der Waals surface area contributed by atoms with Crippen LogP contribution in [-0.2, 0) is 22.6 Å². The normalized spacial score (nSPS) is 12.9. The Morgan fingerprint density at radius 2 is 2.11 bits per heavy atom.